The zero-order valence-corrected chi connectivity index (χ0v) is 13.8. The van der Waals surface area contributed by atoms with E-state index in [0.717, 1.165) is 36.7 Å². The van der Waals surface area contributed by atoms with E-state index in [4.69, 9.17) is 9.57 Å². The van der Waals surface area contributed by atoms with Crippen LogP contribution in [-0.4, -0.2) is 38.9 Å². The minimum atomic E-state index is -0.443. The molecule has 1 spiro atoms. The lowest BCUT2D eigenvalue weighted by Crippen LogP contribution is -2.54. The van der Waals surface area contributed by atoms with Crippen molar-refractivity contribution in [3.05, 3.63) is 0 Å². The Hall–Kier alpha value is -0.780. The number of hydrogen-bond acceptors (Lipinski definition) is 4. The number of fused-ring (bicyclic) bond motifs is 2. The molecule has 2 unspecified atom stereocenters. The van der Waals surface area contributed by atoms with Crippen LogP contribution in [0, 0.1) is 0 Å². The third-order valence-corrected chi connectivity index (χ3v) is 4.67. The maximum absolute atomic E-state index is 12.4. The van der Waals surface area contributed by atoms with Gasteiger partial charge < -0.3 is 14.5 Å². The molecule has 3 aliphatic rings. The quantitative estimate of drug-likeness (QED) is 0.676. The molecule has 0 N–H and O–H groups in total. The van der Waals surface area contributed by atoms with Crippen LogP contribution in [0.2, 0.25) is 0 Å². The Kier molecular flexibility index (Phi) is 3.27. The molecule has 20 heavy (non-hydrogen) atoms. The van der Waals surface area contributed by atoms with Gasteiger partial charge in [-0.2, -0.15) is 0 Å². The van der Waals surface area contributed by atoms with Crippen LogP contribution in [-0.2, 0) is 9.57 Å². The second-order valence-corrected chi connectivity index (χ2v) is 8.01. The third kappa shape index (κ3) is 2.54. The first kappa shape index (κ1) is 14.2. The van der Waals surface area contributed by atoms with Crippen LogP contribution >= 0.6 is 15.9 Å². The van der Waals surface area contributed by atoms with Gasteiger partial charge in [0.25, 0.3) is 0 Å². The Morgan fingerprint density at radius 2 is 2.00 bits per heavy atom. The van der Waals surface area contributed by atoms with Crippen molar-refractivity contribution in [1.82, 2.24) is 4.90 Å². The van der Waals surface area contributed by atoms with Crippen LogP contribution in [0.5, 0.6) is 0 Å². The topological polar surface area (TPSA) is 51.1 Å². The van der Waals surface area contributed by atoms with Gasteiger partial charge in [0.05, 0.1) is 0 Å². The SMILES string of the molecule is CC(C)(C)OC(=O)N1C2CCC1CC1(CC(Br)=NO1)C2. The van der Waals surface area contributed by atoms with Crippen molar-refractivity contribution in [2.75, 3.05) is 0 Å². The number of nitrogens with zero attached hydrogens (tertiary/aromatic N) is 2. The van der Waals surface area contributed by atoms with Crippen LogP contribution in [0.4, 0.5) is 4.79 Å². The van der Waals surface area contributed by atoms with E-state index in [9.17, 15) is 4.79 Å². The number of piperidine rings is 1. The molecule has 2 atom stereocenters. The van der Waals surface area contributed by atoms with E-state index in [1.54, 1.807) is 0 Å². The highest BCUT2D eigenvalue weighted by Gasteiger charge is 2.54. The van der Waals surface area contributed by atoms with Gasteiger partial charge in [0.1, 0.15) is 15.8 Å². The van der Waals surface area contributed by atoms with Crippen LogP contribution < -0.4 is 0 Å². The number of oxime groups is 1. The minimum Gasteiger partial charge on any atom is -0.444 e. The predicted octanol–water partition coefficient (Wildman–Crippen LogP) is 3.42. The highest BCUT2D eigenvalue weighted by Crippen LogP contribution is 2.47. The Labute approximate surface area is 127 Å². The van der Waals surface area contributed by atoms with Gasteiger partial charge >= 0.3 is 6.09 Å². The maximum atomic E-state index is 12.4. The lowest BCUT2D eigenvalue weighted by molar-refractivity contribution is -0.0852. The smallest absolute Gasteiger partial charge is 0.410 e. The predicted molar refractivity (Wildman–Crippen MR) is 78.9 cm³/mol. The molecule has 0 aromatic rings. The molecule has 2 bridgehead atoms. The van der Waals surface area contributed by atoms with Crippen molar-refractivity contribution in [2.24, 2.45) is 5.16 Å². The van der Waals surface area contributed by atoms with Crippen molar-refractivity contribution < 1.29 is 14.4 Å². The first-order valence-electron chi connectivity index (χ1n) is 7.20. The molecule has 0 aromatic heterocycles. The van der Waals surface area contributed by atoms with Gasteiger partial charge in [-0.1, -0.05) is 5.16 Å². The van der Waals surface area contributed by atoms with Gasteiger partial charge in [-0.15, -0.1) is 0 Å². The molecule has 6 heteroatoms. The van der Waals surface area contributed by atoms with Gasteiger partial charge in [0.2, 0.25) is 0 Å². The van der Waals surface area contributed by atoms with E-state index in [0.29, 0.717) is 0 Å². The molecule has 0 saturated carbocycles. The van der Waals surface area contributed by atoms with Crippen molar-refractivity contribution >= 4 is 26.6 Å². The molecule has 112 valence electrons. The largest absolute Gasteiger partial charge is 0.444 e. The fourth-order valence-corrected chi connectivity index (χ4v) is 4.20. The first-order chi connectivity index (χ1) is 9.28. The molecule has 3 aliphatic heterocycles. The molecule has 1 amide bonds. The Balaban J connectivity index is 1.71. The van der Waals surface area contributed by atoms with E-state index in [2.05, 4.69) is 21.1 Å². The van der Waals surface area contributed by atoms with E-state index in [1.807, 2.05) is 25.7 Å². The van der Waals surface area contributed by atoms with E-state index in [-0.39, 0.29) is 23.8 Å². The normalized spacial score (nSPS) is 36.0. The van der Waals surface area contributed by atoms with Crippen LogP contribution in [0.15, 0.2) is 5.16 Å². The Bertz CT molecular complexity index is 444. The minimum absolute atomic E-state index is 0.183. The molecule has 3 heterocycles. The number of hydrogen-bond donors (Lipinski definition) is 0. The van der Waals surface area contributed by atoms with E-state index < -0.39 is 5.60 Å². The average Bonchev–Trinajstić information content (AvgIpc) is 2.77. The summed E-state index contributed by atoms with van der Waals surface area (Å²) in [6.45, 7) is 5.72. The van der Waals surface area contributed by atoms with E-state index in [1.165, 1.54) is 0 Å². The molecular weight excluding hydrogens is 324 g/mol. The van der Waals surface area contributed by atoms with Gasteiger partial charge in [-0.25, -0.2) is 4.79 Å². The van der Waals surface area contributed by atoms with Crippen molar-refractivity contribution in [3.63, 3.8) is 0 Å². The Morgan fingerprint density at radius 3 is 2.45 bits per heavy atom. The maximum Gasteiger partial charge on any atom is 0.410 e. The summed E-state index contributed by atoms with van der Waals surface area (Å²) >= 11 is 3.41. The molecule has 0 aromatic carbocycles. The number of ether oxygens (including phenoxy) is 1. The Morgan fingerprint density at radius 1 is 1.40 bits per heavy atom. The highest BCUT2D eigenvalue weighted by molar-refractivity contribution is 9.18. The van der Waals surface area contributed by atoms with Gasteiger partial charge in [0, 0.05) is 31.3 Å². The summed E-state index contributed by atoms with van der Waals surface area (Å²) in [7, 11) is 0. The van der Waals surface area contributed by atoms with Gasteiger partial charge in [-0.05, 0) is 49.5 Å². The van der Waals surface area contributed by atoms with Crippen molar-refractivity contribution in [3.8, 4) is 0 Å². The van der Waals surface area contributed by atoms with Gasteiger partial charge in [-0.3, -0.25) is 0 Å². The van der Waals surface area contributed by atoms with E-state index >= 15 is 0 Å². The first-order valence-corrected chi connectivity index (χ1v) is 7.99. The molecule has 3 rings (SSSR count). The summed E-state index contributed by atoms with van der Waals surface area (Å²) in [4.78, 5) is 20.0. The number of amides is 1. The summed E-state index contributed by atoms with van der Waals surface area (Å²) < 4.78 is 6.42. The summed E-state index contributed by atoms with van der Waals surface area (Å²) in [5.41, 5.74) is -0.648. The monoisotopic (exact) mass is 344 g/mol. The summed E-state index contributed by atoms with van der Waals surface area (Å²) in [5.74, 6) is 0. The number of halogens is 1. The third-order valence-electron chi connectivity index (χ3n) is 4.25. The molecule has 0 radical (unpaired) electrons. The van der Waals surface area contributed by atoms with Crippen molar-refractivity contribution in [2.45, 2.75) is 76.2 Å². The summed E-state index contributed by atoms with van der Waals surface area (Å²) in [5, 5.41) is 4.04. The molecule has 5 nitrogen and oxygen atoms in total. The standard InChI is InChI=1S/C14H21BrN2O3/c1-13(2,3)19-12(18)17-9-4-5-10(17)7-14(6-9)8-11(15)16-20-14/h9-10H,4-8H2,1-3H3. The number of rotatable bonds is 0. The van der Waals surface area contributed by atoms with Crippen LogP contribution in [0.25, 0.3) is 0 Å². The molecule has 2 saturated heterocycles. The molecular formula is C14H21BrN2O3. The molecule has 0 aliphatic carbocycles. The zero-order valence-electron chi connectivity index (χ0n) is 12.2. The lowest BCUT2D eigenvalue weighted by atomic mass is 9.84. The lowest BCUT2D eigenvalue weighted by Gasteiger charge is -2.43. The second kappa shape index (κ2) is 4.61. The summed E-state index contributed by atoms with van der Waals surface area (Å²) in [6, 6.07) is 0.439. The fourth-order valence-electron chi connectivity index (χ4n) is 3.61. The molecule has 2 fully saturated rings. The average molecular weight is 345 g/mol. The van der Waals surface area contributed by atoms with Crippen molar-refractivity contribution in [1.29, 1.82) is 0 Å². The van der Waals surface area contributed by atoms with Crippen LogP contribution in [0.3, 0.4) is 0 Å². The second-order valence-electron chi connectivity index (χ2n) is 7.10. The number of carbonyl (C=O) groups excluding carboxylic acids is 1. The van der Waals surface area contributed by atoms with Gasteiger partial charge in [0.15, 0.2) is 0 Å². The number of carbonyl (C=O) groups is 1. The van der Waals surface area contributed by atoms with Crippen LogP contribution in [0.1, 0.15) is 52.9 Å². The fraction of sp³-hybridized carbons (Fsp3) is 0.857. The highest BCUT2D eigenvalue weighted by atomic mass is 79.9. The summed E-state index contributed by atoms with van der Waals surface area (Å²) in [6.07, 6.45) is 4.40. The zero-order chi connectivity index (χ0) is 14.5.